The summed E-state index contributed by atoms with van der Waals surface area (Å²) < 4.78 is 5.88. The van der Waals surface area contributed by atoms with Gasteiger partial charge in [0.1, 0.15) is 0 Å². The third kappa shape index (κ3) is 3.06. The molecule has 1 aliphatic heterocycles. The zero-order valence-electron chi connectivity index (χ0n) is 10.9. The van der Waals surface area contributed by atoms with Crippen molar-refractivity contribution in [2.24, 2.45) is 0 Å². The molecule has 0 radical (unpaired) electrons. The maximum Gasteiger partial charge on any atom is 0.0896 e. The van der Waals surface area contributed by atoms with E-state index >= 15 is 0 Å². The van der Waals surface area contributed by atoms with Crippen molar-refractivity contribution in [1.29, 1.82) is 0 Å². The molecule has 94 valence electrons. The first-order valence-corrected chi connectivity index (χ1v) is 6.24. The summed E-state index contributed by atoms with van der Waals surface area (Å²) in [6, 6.07) is 9.07. The molecule has 3 nitrogen and oxygen atoms in total. The van der Waals surface area contributed by atoms with Crippen molar-refractivity contribution in [3.05, 3.63) is 35.4 Å². The van der Waals surface area contributed by atoms with Crippen LogP contribution in [0.25, 0.3) is 0 Å². The van der Waals surface area contributed by atoms with Gasteiger partial charge in [-0.2, -0.15) is 0 Å². The number of hydrogen-bond donors (Lipinski definition) is 1. The monoisotopic (exact) mass is 234 g/mol. The van der Waals surface area contributed by atoms with E-state index < -0.39 is 0 Å². The molecule has 2 rings (SSSR count). The maximum atomic E-state index is 5.88. The molecule has 2 atom stereocenters. The lowest BCUT2D eigenvalue weighted by molar-refractivity contribution is -0.0211. The Hall–Kier alpha value is -0.900. The quantitative estimate of drug-likeness (QED) is 0.859. The van der Waals surface area contributed by atoms with Crippen molar-refractivity contribution in [2.45, 2.75) is 19.1 Å². The minimum absolute atomic E-state index is 0.237. The highest BCUT2D eigenvalue weighted by molar-refractivity contribution is 5.25. The number of ether oxygens (including phenoxy) is 1. The Morgan fingerprint density at radius 1 is 1.29 bits per heavy atom. The van der Waals surface area contributed by atoms with E-state index in [0.29, 0.717) is 6.04 Å². The summed E-state index contributed by atoms with van der Waals surface area (Å²) in [6.07, 6.45) is 0.237. The number of aryl methyl sites for hydroxylation is 1. The van der Waals surface area contributed by atoms with Gasteiger partial charge in [0.25, 0.3) is 0 Å². The molecular weight excluding hydrogens is 212 g/mol. The van der Waals surface area contributed by atoms with Crippen molar-refractivity contribution in [2.75, 3.05) is 33.8 Å². The number of benzene rings is 1. The first-order chi connectivity index (χ1) is 8.18. The topological polar surface area (TPSA) is 24.5 Å². The third-order valence-corrected chi connectivity index (χ3v) is 3.28. The molecule has 3 heteroatoms. The summed E-state index contributed by atoms with van der Waals surface area (Å²) in [6.45, 7) is 4.81. The number of morpholine rings is 1. The average Bonchev–Trinajstić information content (AvgIpc) is 2.33. The van der Waals surface area contributed by atoms with E-state index in [-0.39, 0.29) is 6.10 Å². The first-order valence-electron chi connectivity index (χ1n) is 6.24. The van der Waals surface area contributed by atoms with Crippen LogP contribution in [0, 0.1) is 6.92 Å². The average molecular weight is 234 g/mol. The van der Waals surface area contributed by atoms with Gasteiger partial charge in [0.15, 0.2) is 0 Å². The minimum Gasteiger partial charge on any atom is -0.374 e. The lowest BCUT2D eigenvalue weighted by Crippen LogP contribution is -2.45. The second-order valence-corrected chi connectivity index (χ2v) is 4.93. The minimum atomic E-state index is 0.237. The summed E-state index contributed by atoms with van der Waals surface area (Å²) in [7, 11) is 4.23. The molecule has 1 N–H and O–H groups in total. The Kier molecular flexibility index (Phi) is 4.15. The van der Waals surface area contributed by atoms with E-state index in [2.05, 4.69) is 55.5 Å². The Bertz CT molecular complexity index is 342. The molecule has 17 heavy (non-hydrogen) atoms. The van der Waals surface area contributed by atoms with E-state index in [1.54, 1.807) is 0 Å². The molecule has 0 bridgehead atoms. The van der Waals surface area contributed by atoms with Crippen LogP contribution in [-0.4, -0.2) is 44.8 Å². The van der Waals surface area contributed by atoms with Crippen molar-refractivity contribution in [3.8, 4) is 0 Å². The van der Waals surface area contributed by atoms with E-state index in [0.717, 1.165) is 19.7 Å². The highest BCUT2D eigenvalue weighted by Crippen LogP contribution is 2.25. The number of likely N-dealkylation sites (N-methyl/N-ethyl adjacent to an activating group) is 1. The second kappa shape index (κ2) is 5.63. The molecule has 1 fully saturated rings. The first kappa shape index (κ1) is 12.6. The van der Waals surface area contributed by atoms with Gasteiger partial charge in [0.2, 0.25) is 0 Å². The van der Waals surface area contributed by atoms with Crippen LogP contribution in [0.15, 0.2) is 24.3 Å². The maximum absolute atomic E-state index is 5.88. The normalized spacial score (nSPS) is 22.7. The highest BCUT2D eigenvalue weighted by atomic mass is 16.5. The number of nitrogens with zero attached hydrogens (tertiary/aromatic N) is 1. The van der Waals surface area contributed by atoms with Gasteiger partial charge in [-0.15, -0.1) is 0 Å². The van der Waals surface area contributed by atoms with Gasteiger partial charge in [-0.25, -0.2) is 0 Å². The Morgan fingerprint density at radius 2 is 2.00 bits per heavy atom. The Morgan fingerprint density at radius 3 is 2.53 bits per heavy atom. The van der Waals surface area contributed by atoms with E-state index in [9.17, 15) is 0 Å². The third-order valence-electron chi connectivity index (χ3n) is 3.28. The lowest BCUT2D eigenvalue weighted by atomic mass is 9.98. The van der Waals surface area contributed by atoms with Crippen molar-refractivity contribution in [1.82, 2.24) is 10.2 Å². The Labute approximate surface area is 104 Å². The SMILES string of the molecule is Cc1ccc(C(C2CNCCO2)N(C)C)cc1. The lowest BCUT2D eigenvalue weighted by Gasteiger charge is -2.35. The van der Waals surface area contributed by atoms with Crippen LogP contribution in [0.4, 0.5) is 0 Å². The number of rotatable bonds is 3. The molecule has 1 heterocycles. The molecule has 0 amide bonds. The largest absolute Gasteiger partial charge is 0.374 e. The summed E-state index contributed by atoms with van der Waals surface area (Å²) in [5, 5.41) is 3.40. The molecule has 0 aliphatic carbocycles. The zero-order chi connectivity index (χ0) is 12.3. The molecule has 0 saturated carbocycles. The predicted octanol–water partition coefficient (Wildman–Crippen LogP) is 1.59. The molecular formula is C14H22N2O. The van der Waals surface area contributed by atoms with Crippen molar-refractivity contribution < 1.29 is 4.74 Å². The van der Waals surface area contributed by atoms with Crippen LogP contribution < -0.4 is 5.32 Å². The van der Waals surface area contributed by atoms with Crippen molar-refractivity contribution in [3.63, 3.8) is 0 Å². The van der Waals surface area contributed by atoms with E-state index in [1.165, 1.54) is 11.1 Å². The van der Waals surface area contributed by atoms with Gasteiger partial charge >= 0.3 is 0 Å². The van der Waals surface area contributed by atoms with Gasteiger partial charge in [-0.1, -0.05) is 29.8 Å². The molecule has 0 spiro atoms. The summed E-state index contributed by atoms with van der Waals surface area (Å²) >= 11 is 0. The molecule has 2 unspecified atom stereocenters. The molecule has 1 aliphatic rings. The standard InChI is InChI=1S/C14H22N2O/c1-11-4-6-12(7-5-11)14(16(2)3)13-10-15-8-9-17-13/h4-7,13-15H,8-10H2,1-3H3. The smallest absolute Gasteiger partial charge is 0.0896 e. The van der Waals surface area contributed by atoms with Crippen LogP contribution in [-0.2, 0) is 4.74 Å². The van der Waals surface area contributed by atoms with Crippen LogP contribution in [0.5, 0.6) is 0 Å². The fourth-order valence-corrected chi connectivity index (χ4v) is 2.40. The fourth-order valence-electron chi connectivity index (χ4n) is 2.40. The molecule has 1 aromatic rings. The van der Waals surface area contributed by atoms with Crippen molar-refractivity contribution >= 4 is 0 Å². The van der Waals surface area contributed by atoms with Crippen LogP contribution >= 0.6 is 0 Å². The fraction of sp³-hybridized carbons (Fsp3) is 0.571. The zero-order valence-corrected chi connectivity index (χ0v) is 10.9. The van der Waals surface area contributed by atoms with Gasteiger partial charge in [0, 0.05) is 13.1 Å². The van der Waals surface area contributed by atoms with E-state index in [4.69, 9.17) is 4.74 Å². The Balaban J connectivity index is 2.18. The molecule has 1 aromatic carbocycles. The highest BCUT2D eigenvalue weighted by Gasteiger charge is 2.27. The number of hydrogen-bond acceptors (Lipinski definition) is 3. The summed E-state index contributed by atoms with van der Waals surface area (Å²) in [4.78, 5) is 2.24. The van der Waals surface area contributed by atoms with Gasteiger partial charge in [-0.05, 0) is 26.6 Å². The van der Waals surface area contributed by atoms with Gasteiger partial charge in [-0.3, -0.25) is 0 Å². The molecule has 1 saturated heterocycles. The predicted molar refractivity (Wildman–Crippen MR) is 70.2 cm³/mol. The van der Waals surface area contributed by atoms with E-state index in [1.807, 2.05) is 0 Å². The number of nitrogens with one attached hydrogen (secondary N) is 1. The van der Waals surface area contributed by atoms with Crippen LogP contribution in [0.1, 0.15) is 17.2 Å². The van der Waals surface area contributed by atoms with Gasteiger partial charge in [0.05, 0.1) is 18.8 Å². The van der Waals surface area contributed by atoms with Crippen LogP contribution in [0.2, 0.25) is 0 Å². The molecule has 0 aromatic heterocycles. The summed E-state index contributed by atoms with van der Waals surface area (Å²) in [5.41, 5.74) is 2.63. The second-order valence-electron chi connectivity index (χ2n) is 4.93. The van der Waals surface area contributed by atoms with Crippen LogP contribution in [0.3, 0.4) is 0 Å². The summed E-state index contributed by atoms with van der Waals surface area (Å²) in [5.74, 6) is 0. The van der Waals surface area contributed by atoms with Gasteiger partial charge < -0.3 is 15.0 Å².